The summed E-state index contributed by atoms with van der Waals surface area (Å²) in [6, 6.07) is 14.5. The number of methoxy groups -OCH3 is 1. The summed E-state index contributed by atoms with van der Waals surface area (Å²) in [7, 11) is 1.73. The fourth-order valence-electron chi connectivity index (χ4n) is 3.50. The highest BCUT2D eigenvalue weighted by Crippen LogP contribution is 2.20. The van der Waals surface area contributed by atoms with Crippen LogP contribution in [-0.4, -0.2) is 33.7 Å². The van der Waals surface area contributed by atoms with Gasteiger partial charge in [0.15, 0.2) is 0 Å². The fraction of sp³-hybridized carbons (Fsp3) is 0.130. The predicted octanol–water partition coefficient (Wildman–Crippen LogP) is 4.84. The highest BCUT2D eigenvalue weighted by Gasteiger charge is 2.05. The largest absolute Gasteiger partial charge is 0.384 e. The smallest absolute Gasteiger partial charge is 0.0658 e. The number of aromatic nitrogens is 4. The Morgan fingerprint density at radius 1 is 0.714 bits per heavy atom. The Bertz CT molecular complexity index is 1260. The Morgan fingerprint density at radius 2 is 1.29 bits per heavy atom. The van der Waals surface area contributed by atoms with Gasteiger partial charge in [0, 0.05) is 29.2 Å². The summed E-state index contributed by atoms with van der Waals surface area (Å²) in [5.41, 5.74) is 9.03. The number of nitrogens with one attached hydrogen (secondary N) is 2. The number of aromatic amines is 2. The number of ether oxygens (including phenoxy) is 1. The van der Waals surface area contributed by atoms with E-state index in [-0.39, 0.29) is 0 Å². The minimum atomic E-state index is 0.675. The molecule has 5 heterocycles. The van der Waals surface area contributed by atoms with Gasteiger partial charge in [0.05, 0.1) is 29.4 Å². The molecule has 28 heavy (non-hydrogen) atoms. The maximum Gasteiger partial charge on any atom is 0.0658 e. The molecule has 0 atom stereocenters. The van der Waals surface area contributed by atoms with E-state index in [2.05, 4.69) is 40.3 Å². The Morgan fingerprint density at radius 3 is 1.89 bits per heavy atom. The Hall–Kier alpha value is -3.44. The van der Waals surface area contributed by atoms with Gasteiger partial charge in [0.2, 0.25) is 0 Å². The van der Waals surface area contributed by atoms with Crippen molar-refractivity contribution in [2.24, 2.45) is 0 Å². The van der Waals surface area contributed by atoms with Crippen LogP contribution >= 0.6 is 0 Å². The molecule has 0 saturated carbocycles. The van der Waals surface area contributed by atoms with Crippen LogP contribution in [0.5, 0.6) is 0 Å². The van der Waals surface area contributed by atoms with Crippen LogP contribution in [0.1, 0.15) is 28.3 Å². The molecule has 0 saturated heterocycles. The molecule has 0 spiro atoms. The van der Waals surface area contributed by atoms with Crippen molar-refractivity contribution in [1.29, 1.82) is 0 Å². The van der Waals surface area contributed by atoms with Crippen LogP contribution in [0.15, 0.2) is 42.5 Å². The molecular weight excluding hydrogens is 348 g/mol. The molecule has 8 bridgehead atoms. The number of fused-ring (bicyclic) bond motifs is 8. The van der Waals surface area contributed by atoms with E-state index >= 15 is 0 Å². The molecule has 0 fully saturated rings. The zero-order chi connectivity index (χ0) is 18.9. The van der Waals surface area contributed by atoms with E-state index in [1.54, 1.807) is 7.11 Å². The van der Waals surface area contributed by atoms with Crippen molar-refractivity contribution in [1.82, 2.24) is 19.9 Å². The summed E-state index contributed by atoms with van der Waals surface area (Å²) < 4.78 is 5.27. The summed E-state index contributed by atoms with van der Waals surface area (Å²) in [5, 5.41) is 0. The van der Waals surface area contributed by atoms with Crippen molar-refractivity contribution >= 4 is 46.4 Å². The molecule has 138 valence electrons. The minimum Gasteiger partial charge on any atom is -0.384 e. The quantitative estimate of drug-likeness (QED) is 0.479. The van der Waals surface area contributed by atoms with Crippen LogP contribution in [-0.2, 0) is 11.2 Å². The molecule has 0 aliphatic carbocycles. The molecule has 3 aromatic rings. The molecule has 0 radical (unpaired) electrons. The lowest BCUT2D eigenvalue weighted by Gasteiger charge is -1.96. The molecule has 5 heteroatoms. The Balaban J connectivity index is 1.79. The maximum absolute atomic E-state index is 5.27. The number of rotatable bonds is 3. The maximum atomic E-state index is 5.27. The van der Waals surface area contributed by atoms with Crippen molar-refractivity contribution in [3.05, 3.63) is 70.8 Å². The van der Waals surface area contributed by atoms with E-state index < -0.39 is 0 Å². The van der Waals surface area contributed by atoms with E-state index in [4.69, 9.17) is 14.7 Å². The topological polar surface area (TPSA) is 66.6 Å². The molecule has 2 aliphatic heterocycles. The van der Waals surface area contributed by atoms with Gasteiger partial charge in [-0.15, -0.1) is 0 Å². The highest BCUT2D eigenvalue weighted by molar-refractivity contribution is 5.78. The van der Waals surface area contributed by atoms with Crippen molar-refractivity contribution < 1.29 is 4.74 Å². The fourth-order valence-corrected chi connectivity index (χ4v) is 3.50. The van der Waals surface area contributed by atoms with Gasteiger partial charge in [-0.25, -0.2) is 9.97 Å². The third kappa shape index (κ3) is 3.40. The average Bonchev–Trinajstić information content (AvgIpc) is 3.45. The molecule has 5 nitrogen and oxygen atoms in total. The molecule has 5 rings (SSSR count). The lowest BCUT2D eigenvalue weighted by atomic mass is 10.2. The first kappa shape index (κ1) is 16.7. The van der Waals surface area contributed by atoms with Gasteiger partial charge in [-0.05, 0) is 78.8 Å². The Labute approximate surface area is 162 Å². The van der Waals surface area contributed by atoms with Gasteiger partial charge in [0.1, 0.15) is 0 Å². The third-order valence-electron chi connectivity index (χ3n) is 4.83. The van der Waals surface area contributed by atoms with Crippen LogP contribution in [0.2, 0.25) is 0 Å². The van der Waals surface area contributed by atoms with Crippen molar-refractivity contribution in [3.8, 4) is 0 Å². The lowest BCUT2D eigenvalue weighted by molar-refractivity contribution is 0.202. The van der Waals surface area contributed by atoms with Crippen LogP contribution in [0, 0.1) is 0 Å². The molecule has 2 aliphatic rings. The second kappa shape index (κ2) is 6.94. The first-order chi connectivity index (χ1) is 13.7. The zero-order valence-electron chi connectivity index (χ0n) is 15.6. The number of hydrogen-bond acceptors (Lipinski definition) is 3. The third-order valence-corrected chi connectivity index (χ3v) is 4.83. The van der Waals surface area contributed by atoms with Crippen LogP contribution in [0.3, 0.4) is 0 Å². The Kier molecular flexibility index (Phi) is 4.14. The van der Waals surface area contributed by atoms with E-state index in [0.29, 0.717) is 6.61 Å². The van der Waals surface area contributed by atoms with Gasteiger partial charge < -0.3 is 14.7 Å². The van der Waals surface area contributed by atoms with Gasteiger partial charge >= 0.3 is 0 Å². The molecule has 0 amide bonds. The van der Waals surface area contributed by atoms with E-state index in [0.717, 1.165) is 51.3 Å². The SMILES string of the molecule is COCCc1cc2cc3nc(cc4ccc(cc5nc(cc1[nH]2)C=C5)[nH]4)C=C3. The number of nitrogens with zero attached hydrogens (tertiary/aromatic N) is 2. The summed E-state index contributed by atoms with van der Waals surface area (Å²) in [6.45, 7) is 0.675. The van der Waals surface area contributed by atoms with Crippen LogP contribution in [0.25, 0.3) is 46.4 Å². The van der Waals surface area contributed by atoms with E-state index in [1.807, 2.05) is 36.4 Å². The summed E-state index contributed by atoms with van der Waals surface area (Å²) in [4.78, 5) is 16.3. The predicted molar refractivity (Wildman–Crippen MR) is 114 cm³/mol. The molecule has 0 aromatic carbocycles. The second-order valence-corrected chi connectivity index (χ2v) is 6.94. The van der Waals surface area contributed by atoms with Gasteiger partial charge in [-0.1, -0.05) is 0 Å². The van der Waals surface area contributed by atoms with Crippen LogP contribution in [0.4, 0.5) is 0 Å². The summed E-state index contributed by atoms with van der Waals surface area (Å²) in [5.74, 6) is 0. The van der Waals surface area contributed by atoms with Crippen molar-refractivity contribution in [2.45, 2.75) is 6.42 Å². The molecular formula is C23H20N4O. The minimum absolute atomic E-state index is 0.675. The number of H-pyrrole nitrogens is 2. The summed E-state index contributed by atoms with van der Waals surface area (Å²) >= 11 is 0. The monoisotopic (exact) mass is 368 g/mol. The van der Waals surface area contributed by atoms with E-state index in [9.17, 15) is 0 Å². The molecule has 2 N–H and O–H groups in total. The highest BCUT2D eigenvalue weighted by atomic mass is 16.5. The summed E-state index contributed by atoms with van der Waals surface area (Å²) in [6.07, 6.45) is 8.97. The lowest BCUT2D eigenvalue weighted by Crippen LogP contribution is -1.92. The van der Waals surface area contributed by atoms with Gasteiger partial charge in [-0.3, -0.25) is 0 Å². The van der Waals surface area contributed by atoms with Crippen molar-refractivity contribution in [3.63, 3.8) is 0 Å². The average molecular weight is 368 g/mol. The zero-order valence-corrected chi connectivity index (χ0v) is 15.6. The second-order valence-electron chi connectivity index (χ2n) is 6.94. The van der Waals surface area contributed by atoms with E-state index in [1.165, 1.54) is 5.56 Å². The van der Waals surface area contributed by atoms with Gasteiger partial charge in [-0.2, -0.15) is 0 Å². The first-order valence-corrected chi connectivity index (χ1v) is 9.31. The molecule has 0 unspecified atom stereocenters. The van der Waals surface area contributed by atoms with Crippen LogP contribution < -0.4 is 0 Å². The standard InChI is InChI=1S/C23H20N4O/c1-28-9-8-15-10-22-13-20-5-4-18(25-20)11-16-2-3-17(24-16)12-19-6-7-21(26-19)14-23(15)27-22/h2-7,10-14,24,27H,8-9H2,1H3. The van der Waals surface area contributed by atoms with Crippen molar-refractivity contribution in [2.75, 3.05) is 13.7 Å². The number of hydrogen-bond donors (Lipinski definition) is 2. The molecule has 3 aromatic heterocycles. The normalized spacial score (nSPS) is 12.6. The van der Waals surface area contributed by atoms with Gasteiger partial charge in [0.25, 0.3) is 0 Å². The first-order valence-electron chi connectivity index (χ1n) is 9.31.